The van der Waals surface area contributed by atoms with Crippen LogP contribution in [0.3, 0.4) is 0 Å². The Morgan fingerprint density at radius 3 is 1.62 bits per heavy atom. The molecule has 0 heterocycles. The zero-order valence-corrected chi connectivity index (χ0v) is 13.1. The molecule has 0 radical (unpaired) electrons. The van der Waals surface area contributed by atoms with Gasteiger partial charge in [0.25, 0.3) is 0 Å². The Balaban J connectivity index is 3.67. The molecule has 16 heavy (non-hydrogen) atoms. The summed E-state index contributed by atoms with van der Waals surface area (Å²) in [5.41, 5.74) is 0. The molecule has 0 saturated carbocycles. The highest BCUT2D eigenvalue weighted by Gasteiger charge is 2.30. The summed E-state index contributed by atoms with van der Waals surface area (Å²) in [5.74, 6) is 0. The summed E-state index contributed by atoms with van der Waals surface area (Å²) in [5, 5.41) is 0. The summed E-state index contributed by atoms with van der Waals surface area (Å²) in [6, 6.07) is 0. The monoisotopic (exact) mass is 245 g/mol. The molecule has 0 amide bonds. The van der Waals surface area contributed by atoms with E-state index in [0.29, 0.717) is 0 Å². The molecule has 0 nitrogen and oxygen atoms in total. The Morgan fingerprint density at radius 2 is 1.12 bits per heavy atom. The quantitative estimate of drug-likeness (QED) is 0.318. The fourth-order valence-corrected chi connectivity index (χ4v) is 6.45. The summed E-state index contributed by atoms with van der Waals surface area (Å²) in [6.07, 6.45) is 16.3. The van der Waals surface area contributed by atoms with Crippen LogP contribution < -0.4 is 0 Å². The SMILES string of the molecule is CCCCCCCC[P+](CC)(CC)CCC. The van der Waals surface area contributed by atoms with Gasteiger partial charge in [0.2, 0.25) is 0 Å². The minimum atomic E-state index is -0.514. The zero-order valence-electron chi connectivity index (χ0n) is 12.2. The summed E-state index contributed by atoms with van der Waals surface area (Å²) in [7, 11) is -0.514. The molecule has 0 fully saturated rings. The van der Waals surface area contributed by atoms with Crippen LogP contribution in [0.4, 0.5) is 0 Å². The van der Waals surface area contributed by atoms with E-state index in [2.05, 4.69) is 27.7 Å². The normalized spacial score (nSPS) is 12.0. The first-order chi connectivity index (χ1) is 7.74. The average Bonchev–Trinajstić information content (AvgIpc) is 2.32. The van der Waals surface area contributed by atoms with Crippen molar-refractivity contribution in [3.05, 3.63) is 0 Å². The minimum absolute atomic E-state index is 0.514. The van der Waals surface area contributed by atoms with Gasteiger partial charge in [0.05, 0.1) is 24.6 Å². The maximum Gasteiger partial charge on any atom is 0.0594 e. The Morgan fingerprint density at radius 1 is 0.562 bits per heavy atom. The molecule has 1 heteroatoms. The van der Waals surface area contributed by atoms with Crippen molar-refractivity contribution in [1.29, 1.82) is 0 Å². The second-order valence-corrected chi connectivity index (χ2v) is 10.0. The van der Waals surface area contributed by atoms with Gasteiger partial charge in [0.1, 0.15) is 0 Å². The van der Waals surface area contributed by atoms with Crippen LogP contribution in [0.1, 0.15) is 72.6 Å². The Labute approximate surface area is 105 Å². The van der Waals surface area contributed by atoms with Gasteiger partial charge in [-0.05, 0) is 33.1 Å². The van der Waals surface area contributed by atoms with Crippen LogP contribution in [0.5, 0.6) is 0 Å². The van der Waals surface area contributed by atoms with E-state index >= 15 is 0 Å². The third kappa shape index (κ3) is 6.89. The number of hydrogen-bond acceptors (Lipinski definition) is 0. The first-order valence-electron chi connectivity index (χ1n) is 7.59. The second-order valence-electron chi connectivity index (χ2n) is 5.19. The van der Waals surface area contributed by atoms with Gasteiger partial charge in [-0.15, -0.1) is 0 Å². The lowest BCUT2D eigenvalue weighted by molar-refractivity contribution is 0.625. The number of hydrogen-bond donors (Lipinski definition) is 0. The molecule has 0 saturated heterocycles. The molecule has 0 aromatic heterocycles. The summed E-state index contributed by atoms with van der Waals surface area (Å²) < 4.78 is 0. The van der Waals surface area contributed by atoms with Crippen LogP contribution in [0.2, 0.25) is 0 Å². The molecule has 0 aromatic rings. The van der Waals surface area contributed by atoms with E-state index in [-0.39, 0.29) is 0 Å². The van der Waals surface area contributed by atoms with Crippen molar-refractivity contribution >= 4 is 7.26 Å². The third-order valence-corrected chi connectivity index (χ3v) is 9.37. The molecule has 0 aliphatic rings. The lowest BCUT2D eigenvalue weighted by atomic mass is 10.1. The van der Waals surface area contributed by atoms with E-state index in [1.165, 1.54) is 57.3 Å². The minimum Gasteiger partial charge on any atom is -0.0654 e. The van der Waals surface area contributed by atoms with Crippen molar-refractivity contribution in [1.82, 2.24) is 0 Å². The van der Waals surface area contributed by atoms with Gasteiger partial charge in [-0.3, -0.25) is 0 Å². The highest BCUT2D eigenvalue weighted by Crippen LogP contribution is 2.59. The lowest BCUT2D eigenvalue weighted by Gasteiger charge is -2.24. The average molecular weight is 245 g/mol. The first-order valence-corrected chi connectivity index (χ1v) is 10.1. The van der Waals surface area contributed by atoms with Crippen molar-refractivity contribution in [2.24, 2.45) is 0 Å². The van der Waals surface area contributed by atoms with Gasteiger partial charge in [0, 0.05) is 7.26 Å². The van der Waals surface area contributed by atoms with Gasteiger partial charge < -0.3 is 0 Å². The molecular weight excluding hydrogens is 211 g/mol. The topological polar surface area (TPSA) is 0 Å². The van der Waals surface area contributed by atoms with E-state index in [0.717, 1.165) is 0 Å². The molecule has 0 rings (SSSR count). The van der Waals surface area contributed by atoms with Crippen LogP contribution in [-0.4, -0.2) is 24.6 Å². The van der Waals surface area contributed by atoms with E-state index in [1.54, 1.807) is 12.3 Å². The van der Waals surface area contributed by atoms with Crippen molar-refractivity contribution in [2.75, 3.05) is 24.6 Å². The Bertz CT molecular complexity index is 138. The summed E-state index contributed by atoms with van der Waals surface area (Å²) in [4.78, 5) is 0. The van der Waals surface area contributed by atoms with Crippen LogP contribution in [-0.2, 0) is 0 Å². The maximum absolute atomic E-state index is 2.43. The largest absolute Gasteiger partial charge is 0.0654 e. The van der Waals surface area contributed by atoms with E-state index in [4.69, 9.17) is 0 Å². The van der Waals surface area contributed by atoms with Gasteiger partial charge in [-0.1, -0.05) is 39.5 Å². The molecule has 0 aromatic carbocycles. The molecule has 0 atom stereocenters. The Kier molecular flexibility index (Phi) is 10.9. The summed E-state index contributed by atoms with van der Waals surface area (Å²) in [6.45, 7) is 9.53. The van der Waals surface area contributed by atoms with Gasteiger partial charge in [-0.2, -0.15) is 0 Å². The summed E-state index contributed by atoms with van der Waals surface area (Å²) >= 11 is 0. The van der Waals surface area contributed by atoms with E-state index in [9.17, 15) is 0 Å². The molecule has 0 aliphatic carbocycles. The molecule has 0 unspecified atom stereocenters. The third-order valence-electron chi connectivity index (χ3n) is 4.03. The molecule has 0 spiro atoms. The highest BCUT2D eigenvalue weighted by molar-refractivity contribution is 7.75. The van der Waals surface area contributed by atoms with Crippen molar-refractivity contribution in [2.45, 2.75) is 72.6 Å². The van der Waals surface area contributed by atoms with E-state index < -0.39 is 7.26 Å². The van der Waals surface area contributed by atoms with Crippen molar-refractivity contribution in [3.8, 4) is 0 Å². The Hall–Kier alpha value is 0.430. The predicted molar refractivity (Wildman–Crippen MR) is 81.4 cm³/mol. The number of unbranched alkanes of at least 4 members (excludes halogenated alkanes) is 5. The molecule has 0 N–H and O–H groups in total. The van der Waals surface area contributed by atoms with Gasteiger partial charge >= 0.3 is 0 Å². The van der Waals surface area contributed by atoms with Crippen LogP contribution in [0, 0.1) is 0 Å². The van der Waals surface area contributed by atoms with Crippen molar-refractivity contribution < 1.29 is 0 Å². The maximum atomic E-state index is 2.43. The second kappa shape index (κ2) is 10.6. The molecular formula is C15H34P+. The highest BCUT2D eigenvalue weighted by atomic mass is 31.2. The standard InChI is InChI=1S/C15H34P/c1-5-9-10-11-12-13-15-16(7-3,8-4)14-6-2/h5-15H2,1-4H3/q+1. The van der Waals surface area contributed by atoms with Crippen molar-refractivity contribution in [3.63, 3.8) is 0 Å². The zero-order chi connectivity index (χ0) is 12.3. The van der Waals surface area contributed by atoms with Gasteiger partial charge in [-0.25, -0.2) is 0 Å². The molecule has 98 valence electrons. The lowest BCUT2D eigenvalue weighted by Crippen LogP contribution is -2.08. The fourth-order valence-electron chi connectivity index (χ4n) is 2.67. The molecule has 0 bridgehead atoms. The molecule has 0 aliphatic heterocycles. The number of rotatable bonds is 11. The fraction of sp³-hybridized carbons (Fsp3) is 1.00. The van der Waals surface area contributed by atoms with Crippen LogP contribution >= 0.6 is 7.26 Å². The smallest absolute Gasteiger partial charge is 0.0594 e. The predicted octanol–water partition coefficient (Wildman–Crippen LogP) is 5.81. The van der Waals surface area contributed by atoms with Crippen LogP contribution in [0.15, 0.2) is 0 Å². The van der Waals surface area contributed by atoms with Gasteiger partial charge in [0.15, 0.2) is 0 Å². The van der Waals surface area contributed by atoms with Crippen LogP contribution in [0.25, 0.3) is 0 Å². The first kappa shape index (κ1) is 16.4. The van der Waals surface area contributed by atoms with E-state index in [1.807, 2.05) is 0 Å².